The number of nitrogens with zero attached hydrogens (tertiary/aromatic N) is 1. The Morgan fingerprint density at radius 1 is 1.22 bits per heavy atom. The lowest BCUT2D eigenvalue weighted by atomic mass is 9.88. The first-order valence-corrected chi connectivity index (χ1v) is 12.0. The van der Waals surface area contributed by atoms with Gasteiger partial charge < -0.3 is 5.11 Å². The Hall–Kier alpha value is -1.09. The normalized spacial score (nSPS) is 17.6. The summed E-state index contributed by atoms with van der Waals surface area (Å²) in [6, 6.07) is 7.79. The number of rotatable bonds is 4. The summed E-state index contributed by atoms with van der Waals surface area (Å²) < 4.78 is 27.8. The third-order valence-electron chi connectivity index (χ3n) is 4.95. The van der Waals surface area contributed by atoms with Crippen LogP contribution >= 0.6 is 31.9 Å². The van der Waals surface area contributed by atoms with E-state index in [0.717, 1.165) is 51.3 Å². The number of hydrogen-bond donors (Lipinski definition) is 2. The Morgan fingerprint density at radius 2 is 1.85 bits per heavy atom. The van der Waals surface area contributed by atoms with Gasteiger partial charge in [0.15, 0.2) is 0 Å². The van der Waals surface area contributed by atoms with E-state index in [0.29, 0.717) is 0 Å². The number of phenols is 1. The SMILES string of the molecule is Cc1c(Br)cc(CC2c3cc(NS(C)(=O)=O)c(O)cc3CCN2C)cc1Br. The number of aromatic hydroxyl groups is 1. The molecule has 1 aliphatic heterocycles. The fourth-order valence-electron chi connectivity index (χ4n) is 3.45. The van der Waals surface area contributed by atoms with Gasteiger partial charge in [0, 0.05) is 21.5 Å². The molecular formula is C19H22Br2N2O3S. The van der Waals surface area contributed by atoms with E-state index in [9.17, 15) is 13.5 Å². The summed E-state index contributed by atoms with van der Waals surface area (Å²) in [7, 11) is -1.40. The predicted molar refractivity (Wildman–Crippen MR) is 116 cm³/mol. The molecule has 0 aromatic heterocycles. The van der Waals surface area contributed by atoms with Crippen molar-refractivity contribution >= 4 is 47.6 Å². The van der Waals surface area contributed by atoms with E-state index in [1.54, 1.807) is 12.1 Å². The fraction of sp³-hybridized carbons (Fsp3) is 0.368. The number of fused-ring (bicyclic) bond motifs is 1. The van der Waals surface area contributed by atoms with Gasteiger partial charge in [-0.15, -0.1) is 0 Å². The second-order valence-electron chi connectivity index (χ2n) is 7.08. The van der Waals surface area contributed by atoms with E-state index in [4.69, 9.17) is 0 Å². The molecule has 0 aliphatic carbocycles. The Balaban J connectivity index is 2.01. The average Bonchev–Trinajstić information content (AvgIpc) is 2.55. The highest BCUT2D eigenvalue weighted by Crippen LogP contribution is 2.38. The number of likely N-dealkylation sites (N-methyl/N-ethyl adjacent to an activating group) is 1. The number of anilines is 1. The third kappa shape index (κ3) is 4.67. The molecule has 27 heavy (non-hydrogen) atoms. The van der Waals surface area contributed by atoms with Crippen molar-refractivity contribution in [3.05, 3.63) is 55.5 Å². The largest absolute Gasteiger partial charge is 0.506 e. The minimum Gasteiger partial charge on any atom is -0.506 e. The van der Waals surface area contributed by atoms with Crippen molar-refractivity contribution in [2.75, 3.05) is 24.6 Å². The summed E-state index contributed by atoms with van der Waals surface area (Å²) in [5.41, 5.74) is 4.65. The molecule has 0 saturated carbocycles. The molecule has 146 valence electrons. The van der Waals surface area contributed by atoms with E-state index < -0.39 is 10.0 Å². The molecule has 2 aromatic carbocycles. The molecule has 0 radical (unpaired) electrons. The molecule has 0 fully saturated rings. The molecule has 3 rings (SSSR count). The monoisotopic (exact) mass is 516 g/mol. The summed E-state index contributed by atoms with van der Waals surface area (Å²) in [6.07, 6.45) is 2.68. The minimum atomic E-state index is -3.47. The number of benzene rings is 2. The predicted octanol–water partition coefficient (Wildman–Crippen LogP) is 4.37. The maximum atomic E-state index is 11.6. The molecule has 0 bridgehead atoms. The highest BCUT2D eigenvalue weighted by atomic mass is 79.9. The summed E-state index contributed by atoms with van der Waals surface area (Å²) in [5, 5.41) is 10.2. The second-order valence-corrected chi connectivity index (χ2v) is 10.5. The van der Waals surface area contributed by atoms with E-state index >= 15 is 0 Å². The van der Waals surface area contributed by atoms with Crippen LogP contribution in [0, 0.1) is 6.92 Å². The first-order chi connectivity index (χ1) is 12.5. The van der Waals surface area contributed by atoms with Crippen LogP contribution in [-0.4, -0.2) is 38.3 Å². The topological polar surface area (TPSA) is 69.6 Å². The van der Waals surface area contributed by atoms with Gasteiger partial charge in [-0.3, -0.25) is 9.62 Å². The second kappa shape index (κ2) is 7.73. The van der Waals surface area contributed by atoms with Crippen LogP contribution in [0.3, 0.4) is 0 Å². The van der Waals surface area contributed by atoms with Crippen LogP contribution in [0.1, 0.15) is 28.3 Å². The molecule has 5 nitrogen and oxygen atoms in total. The Morgan fingerprint density at radius 3 is 2.44 bits per heavy atom. The molecule has 2 N–H and O–H groups in total. The van der Waals surface area contributed by atoms with Gasteiger partial charge in [-0.2, -0.15) is 0 Å². The molecule has 0 saturated heterocycles. The summed E-state index contributed by atoms with van der Waals surface area (Å²) in [4.78, 5) is 2.27. The van der Waals surface area contributed by atoms with Gasteiger partial charge in [0.2, 0.25) is 10.0 Å². The van der Waals surface area contributed by atoms with Crippen LogP contribution in [0.2, 0.25) is 0 Å². The lowest BCUT2D eigenvalue weighted by Crippen LogP contribution is -2.33. The van der Waals surface area contributed by atoms with E-state index in [-0.39, 0.29) is 17.5 Å². The van der Waals surface area contributed by atoms with E-state index in [1.807, 2.05) is 6.92 Å². The Kier molecular flexibility index (Phi) is 5.91. The molecule has 1 heterocycles. The highest BCUT2D eigenvalue weighted by Gasteiger charge is 2.27. The summed E-state index contributed by atoms with van der Waals surface area (Å²) in [6.45, 7) is 2.93. The molecule has 1 unspecified atom stereocenters. The van der Waals surface area contributed by atoms with Crippen LogP contribution < -0.4 is 4.72 Å². The smallest absolute Gasteiger partial charge is 0.229 e. The van der Waals surface area contributed by atoms with Gasteiger partial charge in [-0.1, -0.05) is 31.9 Å². The number of sulfonamides is 1. The molecular weight excluding hydrogens is 496 g/mol. The summed E-state index contributed by atoms with van der Waals surface area (Å²) in [5.74, 6) is -0.0386. The maximum absolute atomic E-state index is 11.6. The molecule has 0 amide bonds. The minimum absolute atomic E-state index is 0.0386. The zero-order chi connectivity index (χ0) is 19.9. The molecule has 8 heteroatoms. The van der Waals surface area contributed by atoms with Crippen molar-refractivity contribution in [1.29, 1.82) is 0 Å². The molecule has 0 spiro atoms. The quantitative estimate of drug-likeness (QED) is 0.591. The fourth-order valence-corrected chi connectivity index (χ4v) is 5.30. The standard InChI is InChI=1S/C19H22Br2N2O3S/c1-11-15(20)6-12(7-16(11)21)8-18-14-10-17(22-27(3,25)26)19(24)9-13(14)4-5-23(18)2/h6-7,9-10,18,22,24H,4-5,8H2,1-3H3. The van der Waals surface area contributed by atoms with E-state index in [1.165, 1.54) is 5.56 Å². The lowest BCUT2D eigenvalue weighted by molar-refractivity contribution is 0.229. The Bertz CT molecular complexity index is 970. The van der Waals surface area contributed by atoms with Crippen LogP contribution in [-0.2, 0) is 22.9 Å². The van der Waals surface area contributed by atoms with Crippen molar-refractivity contribution in [2.24, 2.45) is 0 Å². The van der Waals surface area contributed by atoms with Crippen molar-refractivity contribution < 1.29 is 13.5 Å². The number of nitrogens with one attached hydrogen (secondary N) is 1. The third-order valence-corrected chi connectivity index (χ3v) is 7.19. The molecule has 1 aliphatic rings. The van der Waals surface area contributed by atoms with Gasteiger partial charge in [0.05, 0.1) is 11.9 Å². The van der Waals surface area contributed by atoms with Crippen molar-refractivity contribution in [2.45, 2.75) is 25.8 Å². The van der Waals surface area contributed by atoms with Crippen LogP contribution in [0.5, 0.6) is 5.75 Å². The van der Waals surface area contributed by atoms with Crippen LogP contribution in [0.4, 0.5) is 5.69 Å². The maximum Gasteiger partial charge on any atom is 0.229 e. The number of phenolic OH excluding ortho intramolecular Hbond substituents is 1. The average molecular weight is 518 g/mol. The van der Waals surface area contributed by atoms with Gasteiger partial charge in [0.25, 0.3) is 0 Å². The summed E-state index contributed by atoms with van der Waals surface area (Å²) >= 11 is 7.22. The van der Waals surface area contributed by atoms with Gasteiger partial charge in [0.1, 0.15) is 5.75 Å². The number of hydrogen-bond acceptors (Lipinski definition) is 4. The first kappa shape index (κ1) is 20.6. The van der Waals surface area contributed by atoms with Crippen molar-refractivity contribution in [3.8, 4) is 5.75 Å². The Labute approximate surface area is 177 Å². The molecule has 2 aromatic rings. The van der Waals surface area contributed by atoms with Gasteiger partial charge in [-0.25, -0.2) is 8.42 Å². The van der Waals surface area contributed by atoms with Crippen molar-refractivity contribution in [1.82, 2.24) is 4.90 Å². The van der Waals surface area contributed by atoms with Gasteiger partial charge in [-0.05, 0) is 73.3 Å². The zero-order valence-electron chi connectivity index (χ0n) is 15.4. The van der Waals surface area contributed by atoms with Crippen LogP contribution in [0.25, 0.3) is 0 Å². The molecule has 1 atom stereocenters. The van der Waals surface area contributed by atoms with Crippen molar-refractivity contribution in [3.63, 3.8) is 0 Å². The van der Waals surface area contributed by atoms with Crippen LogP contribution in [0.15, 0.2) is 33.2 Å². The number of halogens is 2. The lowest BCUT2D eigenvalue weighted by Gasteiger charge is -2.35. The van der Waals surface area contributed by atoms with Gasteiger partial charge >= 0.3 is 0 Å². The zero-order valence-corrected chi connectivity index (χ0v) is 19.4. The first-order valence-electron chi connectivity index (χ1n) is 8.53. The van der Waals surface area contributed by atoms with E-state index in [2.05, 4.69) is 60.7 Å². The highest BCUT2D eigenvalue weighted by molar-refractivity contribution is 9.11.